The van der Waals surface area contributed by atoms with Crippen molar-refractivity contribution in [3.63, 3.8) is 0 Å². The molecule has 34 heavy (non-hydrogen) atoms. The van der Waals surface area contributed by atoms with Gasteiger partial charge in [0.05, 0.1) is 0 Å². The topological polar surface area (TPSA) is 71.6 Å². The highest BCUT2D eigenvalue weighted by molar-refractivity contribution is 6.76. The lowest BCUT2D eigenvalue weighted by atomic mass is 9.95. The molecule has 8 nitrogen and oxygen atoms in total. The largest absolute Gasteiger partial charge is 0.459 e. The standard InChI is InChI=1S/C25H37N3O5Si/c1-34(2,3)16-15-31-19-28-23(29)9-12-27(25(28)30)18-20-5-4-6-22(17-20)26-10-7-21(8-11-26)24-32-13-14-33-24/h4-6,13-14,17,21,24H,7-12,15-16,18-19H2,1-3H3. The maximum absolute atomic E-state index is 13.0. The van der Waals surface area contributed by atoms with E-state index in [1.807, 2.05) is 12.1 Å². The summed E-state index contributed by atoms with van der Waals surface area (Å²) < 4.78 is 16.7. The predicted octanol–water partition coefficient (Wildman–Crippen LogP) is 4.21. The molecule has 0 aliphatic carbocycles. The number of urea groups is 1. The molecule has 9 heteroatoms. The van der Waals surface area contributed by atoms with Gasteiger partial charge in [-0.25, -0.2) is 9.69 Å². The number of benzene rings is 1. The molecular weight excluding hydrogens is 450 g/mol. The second kappa shape index (κ2) is 10.8. The van der Waals surface area contributed by atoms with Crippen molar-refractivity contribution in [1.29, 1.82) is 0 Å². The van der Waals surface area contributed by atoms with Gasteiger partial charge in [0.2, 0.25) is 12.2 Å². The molecule has 3 aliphatic heterocycles. The molecule has 3 amide bonds. The maximum Gasteiger partial charge on any atom is 0.328 e. The average Bonchev–Trinajstić information content (AvgIpc) is 3.35. The van der Waals surface area contributed by atoms with E-state index in [2.05, 4.69) is 36.7 Å². The molecule has 4 rings (SSSR count). The molecule has 0 radical (unpaired) electrons. The van der Waals surface area contributed by atoms with E-state index in [9.17, 15) is 9.59 Å². The van der Waals surface area contributed by atoms with Crippen LogP contribution in [-0.2, 0) is 25.5 Å². The Morgan fingerprint density at radius 3 is 2.50 bits per heavy atom. The summed E-state index contributed by atoms with van der Waals surface area (Å²) in [7, 11) is -1.22. The Morgan fingerprint density at radius 1 is 1.06 bits per heavy atom. The van der Waals surface area contributed by atoms with Gasteiger partial charge in [0.1, 0.15) is 19.3 Å². The summed E-state index contributed by atoms with van der Waals surface area (Å²) in [5.41, 5.74) is 2.22. The minimum Gasteiger partial charge on any atom is -0.459 e. The highest BCUT2D eigenvalue weighted by Gasteiger charge is 2.33. The molecule has 3 aliphatic rings. The Kier molecular flexibility index (Phi) is 7.83. The first kappa shape index (κ1) is 24.6. The van der Waals surface area contributed by atoms with E-state index < -0.39 is 8.07 Å². The van der Waals surface area contributed by atoms with E-state index in [4.69, 9.17) is 14.2 Å². The molecule has 1 aromatic carbocycles. The van der Waals surface area contributed by atoms with Crippen LogP contribution in [0.4, 0.5) is 10.5 Å². The minimum absolute atomic E-state index is 0.0393. The first-order valence-corrected chi connectivity index (χ1v) is 16.0. The first-order chi connectivity index (χ1) is 16.3. The third kappa shape index (κ3) is 6.32. The number of hydrogen-bond donors (Lipinski definition) is 0. The molecule has 2 saturated heterocycles. The fraction of sp³-hybridized carbons (Fsp3) is 0.600. The molecule has 0 saturated carbocycles. The SMILES string of the molecule is C[Si](C)(C)CCOCN1C(=O)CCN(Cc2cccc(N3CCC(C4OC=CO4)CC3)c2)C1=O. The van der Waals surface area contributed by atoms with Gasteiger partial charge in [-0.15, -0.1) is 0 Å². The van der Waals surface area contributed by atoms with Crippen LogP contribution >= 0.6 is 0 Å². The number of nitrogens with zero attached hydrogens (tertiary/aromatic N) is 3. The van der Waals surface area contributed by atoms with Gasteiger partial charge in [-0.2, -0.15) is 0 Å². The van der Waals surface area contributed by atoms with Crippen molar-refractivity contribution in [3.8, 4) is 0 Å². The van der Waals surface area contributed by atoms with Gasteiger partial charge in [-0.3, -0.25) is 4.79 Å². The van der Waals surface area contributed by atoms with E-state index in [1.165, 1.54) is 4.90 Å². The molecule has 0 spiro atoms. The fourth-order valence-electron chi connectivity index (χ4n) is 4.52. The second-order valence-electron chi connectivity index (χ2n) is 10.5. The van der Waals surface area contributed by atoms with Crippen LogP contribution in [0.5, 0.6) is 0 Å². The number of ether oxygens (including phenoxy) is 3. The molecule has 0 bridgehead atoms. The number of rotatable bonds is 9. The predicted molar refractivity (Wildman–Crippen MR) is 133 cm³/mol. The Balaban J connectivity index is 1.30. The number of carbonyl (C=O) groups excluding carboxylic acids is 2. The van der Waals surface area contributed by atoms with Gasteiger partial charge in [0.15, 0.2) is 0 Å². The molecule has 0 N–H and O–H groups in total. The summed E-state index contributed by atoms with van der Waals surface area (Å²) in [4.78, 5) is 30.7. The minimum atomic E-state index is -1.22. The third-order valence-corrected chi connectivity index (χ3v) is 8.37. The molecular formula is C25H37N3O5Si. The van der Waals surface area contributed by atoms with Crippen molar-refractivity contribution >= 4 is 25.7 Å². The third-order valence-electron chi connectivity index (χ3n) is 6.67. The van der Waals surface area contributed by atoms with Crippen molar-refractivity contribution in [2.75, 3.05) is 37.9 Å². The van der Waals surface area contributed by atoms with Crippen molar-refractivity contribution in [3.05, 3.63) is 42.4 Å². The van der Waals surface area contributed by atoms with Crippen LogP contribution in [0.2, 0.25) is 25.7 Å². The molecule has 2 fully saturated rings. The van der Waals surface area contributed by atoms with E-state index >= 15 is 0 Å². The quantitative estimate of drug-likeness (QED) is 0.384. The lowest BCUT2D eigenvalue weighted by molar-refractivity contribution is -0.135. The second-order valence-corrected chi connectivity index (χ2v) is 16.2. The number of hydrogen-bond acceptors (Lipinski definition) is 6. The van der Waals surface area contributed by atoms with Crippen LogP contribution in [0.3, 0.4) is 0 Å². The van der Waals surface area contributed by atoms with Crippen molar-refractivity contribution in [2.45, 2.75) is 57.8 Å². The number of imide groups is 1. The van der Waals surface area contributed by atoms with Gasteiger partial charge in [0, 0.05) is 58.9 Å². The fourth-order valence-corrected chi connectivity index (χ4v) is 5.28. The number of amides is 3. The number of anilines is 1. The van der Waals surface area contributed by atoms with Crippen LogP contribution in [-0.4, -0.2) is 69.1 Å². The summed E-state index contributed by atoms with van der Waals surface area (Å²) in [5, 5.41) is 0. The summed E-state index contributed by atoms with van der Waals surface area (Å²) in [6.45, 7) is 10.3. The zero-order chi connectivity index (χ0) is 24.1. The first-order valence-electron chi connectivity index (χ1n) is 12.3. The molecule has 1 aromatic rings. The van der Waals surface area contributed by atoms with Crippen LogP contribution in [0.1, 0.15) is 24.8 Å². The van der Waals surface area contributed by atoms with Crippen LogP contribution in [0.25, 0.3) is 0 Å². The Hall–Kier alpha value is -2.52. The van der Waals surface area contributed by atoms with Gasteiger partial charge in [0.25, 0.3) is 0 Å². The monoisotopic (exact) mass is 487 g/mol. The van der Waals surface area contributed by atoms with E-state index in [-0.39, 0.29) is 25.0 Å². The van der Waals surface area contributed by atoms with Crippen LogP contribution in [0.15, 0.2) is 36.8 Å². The normalized spacial score (nSPS) is 20.1. The zero-order valence-electron chi connectivity index (χ0n) is 20.6. The van der Waals surface area contributed by atoms with Gasteiger partial charge < -0.3 is 24.0 Å². The summed E-state index contributed by atoms with van der Waals surface area (Å²) in [6, 6.07) is 9.10. The summed E-state index contributed by atoms with van der Waals surface area (Å²) in [6.07, 6.45) is 5.44. The Morgan fingerprint density at radius 2 is 1.79 bits per heavy atom. The summed E-state index contributed by atoms with van der Waals surface area (Å²) >= 11 is 0. The van der Waals surface area contributed by atoms with Crippen LogP contribution in [0, 0.1) is 5.92 Å². The highest BCUT2D eigenvalue weighted by Crippen LogP contribution is 2.29. The van der Waals surface area contributed by atoms with Gasteiger partial charge in [-0.1, -0.05) is 31.8 Å². The lowest BCUT2D eigenvalue weighted by Crippen LogP contribution is -2.52. The smallest absolute Gasteiger partial charge is 0.328 e. The van der Waals surface area contributed by atoms with E-state index in [1.54, 1.807) is 17.4 Å². The van der Waals surface area contributed by atoms with Crippen molar-refractivity contribution in [2.24, 2.45) is 5.92 Å². The van der Waals surface area contributed by atoms with E-state index in [0.29, 0.717) is 32.0 Å². The maximum atomic E-state index is 13.0. The zero-order valence-corrected chi connectivity index (χ0v) is 21.6. The Bertz CT molecular complexity index is 887. The molecule has 0 atom stereocenters. The van der Waals surface area contributed by atoms with E-state index in [0.717, 1.165) is 43.2 Å². The molecule has 3 heterocycles. The average molecular weight is 488 g/mol. The Labute approximate surface area is 203 Å². The number of piperidine rings is 1. The molecule has 0 aromatic heterocycles. The highest BCUT2D eigenvalue weighted by atomic mass is 28.3. The van der Waals surface area contributed by atoms with Gasteiger partial charge in [-0.05, 0) is 36.6 Å². The van der Waals surface area contributed by atoms with Gasteiger partial charge >= 0.3 is 6.03 Å². The number of carbonyl (C=O) groups is 2. The molecule has 186 valence electrons. The van der Waals surface area contributed by atoms with Crippen molar-refractivity contribution < 1.29 is 23.8 Å². The van der Waals surface area contributed by atoms with Crippen molar-refractivity contribution in [1.82, 2.24) is 9.80 Å². The van der Waals surface area contributed by atoms with Crippen LogP contribution < -0.4 is 4.90 Å². The summed E-state index contributed by atoms with van der Waals surface area (Å²) in [5.74, 6) is 0.244. The lowest BCUT2D eigenvalue weighted by Gasteiger charge is -2.36. The molecule has 0 unspecified atom stereocenters.